The molecule has 0 aliphatic carbocycles. The van der Waals surface area contributed by atoms with E-state index in [1.54, 1.807) is 0 Å². The predicted molar refractivity (Wildman–Crippen MR) is 89.6 cm³/mol. The van der Waals surface area contributed by atoms with Gasteiger partial charge in [-0.3, -0.25) is 4.90 Å². The van der Waals surface area contributed by atoms with E-state index in [0.717, 1.165) is 23.9 Å². The van der Waals surface area contributed by atoms with Crippen LogP contribution in [-0.4, -0.2) is 29.5 Å². The van der Waals surface area contributed by atoms with Gasteiger partial charge in [0.1, 0.15) is 5.82 Å². The Hall–Kier alpha value is -1.61. The maximum absolute atomic E-state index is 4.77. The minimum atomic E-state index is 0.731. The Morgan fingerprint density at radius 3 is 2.95 bits per heavy atom. The molecule has 1 aliphatic heterocycles. The highest BCUT2D eigenvalue weighted by Gasteiger charge is 2.21. The number of hydrogen-bond acceptors (Lipinski definition) is 3. The SMILES string of the molecule is CCC1CCCCN1Cc1cc2ccccc2nc1NC. The second-order valence-electron chi connectivity index (χ2n) is 5.97. The van der Waals surface area contributed by atoms with Gasteiger partial charge < -0.3 is 5.32 Å². The average molecular weight is 283 g/mol. The second-order valence-corrected chi connectivity index (χ2v) is 5.97. The quantitative estimate of drug-likeness (QED) is 0.918. The van der Waals surface area contributed by atoms with E-state index in [9.17, 15) is 0 Å². The summed E-state index contributed by atoms with van der Waals surface area (Å²) in [6.45, 7) is 4.53. The van der Waals surface area contributed by atoms with Gasteiger partial charge >= 0.3 is 0 Å². The first-order chi connectivity index (χ1) is 10.3. The van der Waals surface area contributed by atoms with E-state index >= 15 is 0 Å². The number of nitrogens with zero attached hydrogens (tertiary/aromatic N) is 2. The fourth-order valence-corrected chi connectivity index (χ4v) is 3.45. The lowest BCUT2D eigenvalue weighted by atomic mass is 9.99. The van der Waals surface area contributed by atoms with Gasteiger partial charge in [0, 0.05) is 30.6 Å². The molecule has 2 aromatic rings. The first-order valence-corrected chi connectivity index (χ1v) is 8.12. The molecule has 1 unspecified atom stereocenters. The number of pyridine rings is 1. The molecule has 1 N–H and O–H groups in total. The van der Waals surface area contributed by atoms with Crippen LogP contribution in [0.2, 0.25) is 0 Å². The number of benzene rings is 1. The Labute approximate surface area is 127 Å². The predicted octanol–water partition coefficient (Wildman–Crippen LogP) is 4.04. The Balaban J connectivity index is 1.91. The highest BCUT2D eigenvalue weighted by atomic mass is 15.2. The smallest absolute Gasteiger partial charge is 0.130 e. The molecule has 1 atom stereocenters. The molecule has 0 spiro atoms. The fourth-order valence-electron chi connectivity index (χ4n) is 3.45. The normalized spacial score (nSPS) is 19.8. The van der Waals surface area contributed by atoms with Crippen molar-refractivity contribution >= 4 is 16.7 Å². The van der Waals surface area contributed by atoms with Gasteiger partial charge in [-0.25, -0.2) is 4.98 Å². The number of likely N-dealkylation sites (tertiary alicyclic amines) is 1. The first-order valence-electron chi connectivity index (χ1n) is 8.12. The third-order valence-corrected chi connectivity index (χ3v) is 4.63. The van der Waals surface area contributed by atoms with Gasteiger partial charge in [0.2, 0.25) is 0 Å². The van der Waals surface area contributed by atoms with Crippen LogP contribution in [0, 0.1) is 0 Å². The van der Waals surface area contributed by atoms with Gasteiger partial charge in [0.25, 0.3) is 0 Å². The van der Waals surface area contributed by atoms with Gasteiger partial charge in [-0.1, -0.05) is 31.5 Å². The minimum absolute atomic E-state index is 0.731. The van der Waals surface area contributed by atoms with Crippen molar-refractivity contribution in [1.29, 1.82) is 0 Å². The molecule has 1 aliphatic rings. The van der Waals surface area contributed by atoms with Crippen molar-refractivity contribution in [2.45, 2.75) is 45.2 Å². The molecular formula is C18H25N3. The van der Waals surface area contributed by atoms with Gasteiger partial charge in [-0.15, -0.1) is 0 Å². The van der Waals surface area contributed by atoms with Crippen molar-refractivity contribution in [2.75, 3.05) is 18.9 Å². The number of piperidine rings is 1. The lowest BCUT2D eigenvalue weighted by Crippen LogP contribution is -2.38. The molecule has 1 aromatic carbocycles. The molecule has 2 heterocycles. The summed E-state index contributed by atoms with van der Waals surface area (Å²) in [6, 6.07) is 11.4. The third kappa shape index (κ3) is 3.03. The molecule has 3 rings (SSSR count). The van der Waals surface area contributed by atoms with E-state index in [1.165, 1.54) is 43.2 Å². The fraction of sp³-hybridized carbons (Fsp3) is 0.500. The lowest BCUT2D eigenvalue weighted by molar-refractivity contribution is 0.136. The molecule has 0 bridgehead atoms. The molecule has 1 saturated heterocycles. The molecule has 21 heavy (non-hydrogen) atoms. The number of anilines is 1. The molecule has 1 fully saturated rings. The van der Waals surface area contributed by atoms with Crippen molar-refractivity contribution in [3.63, 3.8) is 0 Å². The van der Waals surface area contributed by atoms with Crippen LogP contribution in [0.5, 0.6) is 0 Å². The Bertz CT molecular complexity index is 608. The highest BCUT2D eigenvalue weighted by molar-refractivity contribution is 5.81. The number of hydrogen-bond donors (Lipinski definition) is 1. The van der Waals surface area contributed by atoms with Crippen molar-refractivity contribution in [2.24, 2.45) is 0 Å². The summed E-state index contributed by atoms with van der Waals surface area (Å²) in [5.41, 5.74) is 2.38. The Morgan fingerprint density at radius 1 is 1.29 bits per heavy atom. The van der Waals surface area contributed by atoms with Gasteiger partial charge in [-0.05, 0) is 37.9 Å². The van der Waals surface area contributed by atoms with Crippen molar-refractivity contribution in [3.8, 4) is 0 Å². The summed E-state index contributed by atoms with van der Waals surface area (Å²) >= 11 is 0. The lowest BCUT2D eigenvalue weighted by Gasteiger charge is -2.35. The van der Waals surface area contributed by atoms with Crippen LogP contribution in [0.3, 0.4) is 0 Å². The summed E-state index contributed by atoms with van der Waals surface area (Å²) in [7, 11) is 1.97. The van der Waals surface area contributed by atoms with Crippen LogP contribution >= 0.6 is 0 Å². The largest absolute Gasteiger partial charge is 0.373 e. The van der Waals surface area contributed by atoms with Gasteiger partial charge in [0.05, 0.1) is 5.52 Å². The zero-order valence-electron chi connectivity index (χ0n) is 13.1. The van der Waals surface area contributed by atoms with Crippen LogP contribution in [0.4, 0.5) is 5.82 Å². The van der Waals surface area contributed by atoms with Gasteiger partial charge in [-0.2, -0.15) is 0 Å². The molecule has 3 nitrogen and oxygen atoms in total. The molecule has 0 saturated carbocycles. The van der Waals surface area contributed by atoms with E-state index in [2.05, 4.69) is 41.4 Å². The van der Waals surface area contributed by atoms with Crippen LogP contribution in [0.1, 0.15) is 38.2 Å². The molecular weight excluding hydrogens is 258 g/mol. The number of rotatable bonds is 4. The molecule has 0 amide bonds. The van der Waals surface area contributed by atoms with E-state index in [1.807, 2.05) is 13.1 Å². The van der Waals surface area contributed by atoms with E-state index < -0.39 is 0 Å². The summed E-state index contributed by atoms with van der Waals surface area (Å²) in [6.07, 6.45) is 5.29. The topological polar surface area (TPSA) is 28.2 Å². The number of nitrogens with one attached hydrogen (secondary N) is 1. The standard InChI is InChI=1S/C18H25N3/c1-3-16-9-6-7-11-21(16)13-15-12-14-8-4-5-10-17(14)20-18(15)19-2/h4-5,8,10,12,16H,3,6-7,9,11,13H2,1-2H3,(H,19,20). The molecule has 112 valence electrons. The van der Waals surface area contributed by atoms with E-state index in [0.29, 0.717) is 0 Å². The minimum Gasteiger partial charge on any atom is -0.373 e. The monoisotopic (exact) mass is 283 g/mol. The average Bonchev–Trinajstić information content (AvgIpc) is 2.54. The molecule has 1 aromatic heterocycles. The zero-order chi connectivity index (χ0) is 14.7. The summed E-state index contributed by atoms with van der Waals surface area (Å²) in [5.74, 6) is 1.02. The number of aromatic nitrogens is 1. The Morgan fingerprint density at radius 2 is 2.14 bits per heavy atom. The Kier molecular flexibility index (Phi) is 4.39. The first kappa shape index (κ1) is 14.3. The van der Waals surface area contributed by atoms with Crippen LogP contribution in [0.25, 0.3) is 10.9 Å². The van der Waals surface area contributed by atoms with E-state index in [-0.39, 0.29) is 0 Å². The number of para-hydroxylation sites is 1. The van der Waals surface area contributed by atoms with Crippen molar-refractivity contribution in [1.82, 2.24) is 9.88 Å². The zero-order valence-corrected chi connectivity index (χ0v) is 13.1. The molecule has 0 radical (unpaired) electrons. The highest BCUT2D eigenvalue weighted by Crippen LogP contribution is 2.26. The maximum Gasteiger partial charge on any atom is 0.130 e. The van der Waals surface area contributed by atoms with Crippen molar-refractivity contribution < 1.29 is 0 Å². The second kappa shape index (κ2) is 6.44. The summed E-state index contributed by atoms with van der Waals surface area (Å²) < 4.78 is 0. The van der Waals surface area contributed by atoms with Crippen LogP contribution < -0.4 is 5.32 Å². The molecule has 3 heteroatoms. The summed E-state index contributed by atoms with van der Waals surface area (Å²) in [4.78, 5) is 7.41. The van der Waals surface area contributed by atoms with Crippen LogP contribution in [-0.2, 0) is 6.54 Å². The third-order valence-electron chi connectivity index (χ3n) is 4.63. The van der Waals surface area contributed by atoms with Crippen LogP contribution in [0.15, 0.2) is 30.3 Å². The van der Waals surface area contributed by atoms with E-state index in [4.69, 9.17) is 4.98 Å². The number of fused-ring (bicyclic) bond motifs is 1. The van der Waals surface area contributed by atoms with Crippen molar-refractivity contribution in [3.05, 3.63) is 35.9 Å². The maximum atomic E-state index is 4.77. The summed E-state index contributed by atoms with van der Waals surface area (Å²) in [5, 5.41) is 4.51. The van der Waals surface area contributed by atoms with Gasteiger partial charge in [0.15, 0.2) is 0 Å².